The zero-order valence-electron chi connectivity index (χ0n) is 16.6. The highest BCUT2D eigenvalue weighted by Crippen LogP contribution is 2.23. The number of amides is 2. The van der Waals surface area contributed by atoms with E-state index in [1.165, 1.54) is 5.56 Å². The summed E-state index contributed by atoms with van der Waals surface area (Å²) in [6.45, 7) is 13.7. The summed E-state index contributed by atoms with van der Waals surface area (Å²) in [4.78, 5) is 28.7. The third kappa shape index (κ3) is 6.32. The molecule has 1 aromatic carbocycles. The van der Waals surface area contributed by atoms with E-state index in [9.17, 15) is 9.59 Å². The van der Waals surface area contributed by atoms with Gasteiger partial charge in [-0.05, 0) is 31.0 Å². The molecule has 1 fully saturated rings. The Labute approximate surface area is 161 Å². The number of benzene rings is 1. The van der Waals surface area contributed by atoms with E-state index in [1.54, 1.807) is 11.8 Å². The molecule has 1 aliphatic rings. The Kier molecular flexibility index (Phi) is 7.12. The van der Waals surface area contributed by atoms with Gasteiger partial charge in [-0.25, -0.2) is 0 Å². The molecule has 1 aliphatic heterocycles. The van der Waals surface area contributed by atoms with Crippen molar-refractivity contribution >= 4 is 29.3 Å². The number of thioether (sulfide) groups is 1. The zero-order valence-corrected chi connectivity index (χ0v) is 17.4. The molecule has 0 atom stereocenters. The van der Waals surface area contributed by atoms with E-state index in [0.717, 1.165) is 24.3 Å². The standard InChI is InChI=1S/C20H31N3O2S/c1-15-7-6-8-17(16(15)2)21-18(24)13-22-9-11-23(12-10-22)19(25)14-26-20(3,4)5/h6-8H,9-14H2,1-5H3,(H,21,24). The van der Waals surface area contributed by atoms with Gasteiger partial charge in [0.25, 0.3) is 0 Å². The summed E-state index contributed by atoms with van der Waals surface area (Å²) in [5, 5.41) is 3.00. The fraction of sp³-hybridized carbons (Fsp3) is 0.600. The Bertz CT molecular complexity index is 647. The lowest BCUT2D eigenvalue weighted by Crippen LogP contribution is -2.51. The predicted octanol–water partition coefficient (Wildman–Crippen LogP) is 2.92. The summed E-state index contributed by atoms with van der Waals surface area (Å²) in [5.41, 5.74) is 3.15. The molecule has 5 nitrogen and oxygen atoms in total. The summed E-state index contributed by atoms with van der Waals surface area (Å²) < 4.78 is 0.101. The Morgan fingerprint density at radius 3 is 2.38 bits per heavy atom. The fourth-order valence-electron chi connectivity index (χ4n) is 2.80. The van der Waals surface area contributed by atoms with Crippen LogP contribution in [0.25, 0.3) is 0 Å². The first-order chi connectivity index (χ1) is 12.2. The minimum Gasteiger partial charge on any atom is -0.339 e. The van der Waals surface area contributed by atoms with Gasteiger partial charge in [-0.2, -0.15) is 0 Å². The Hall–Kier alpha value is -1.53. The lowest BCUT2D eigenvalue weighted by Gasteiger charge is -2.34. The lowest BCUT2D eigenvalue weighted by molar-refractivity contribution is -0.130. The third-order valence-corrected chi connectivity index (χ3v) is 5.86. The molecule has 1 saturated heterocycles. The minimum absolute atomic E-state index is 0.00163. The number of anilines is 1. The van der Waals surface area contributed by atoms with Gasteiger partial charge in [-0.15, -0.1) is 11.8 Å². The van der Waals surface area contributed by atoms with Gasteiger partial charge in [-0.3, -0.25) is 14.5 Å². The van der Waals surface area contributed by atoms with Gasteiger partial charge in [0.15, 0.2) is 0 Å². The second kappa shape index (κ2) is 8.91. The molecule has 0 radical (unpaired) electrons. The highest BCUT2D eigenvalue weighted by atomic mass is 32.2. The van der Waals surface area contributed by atoms with Crippen LogP contribution in [0.1, 0.15) is 31.9 Å². The van der Waals surface area contributed by atoms with Crippen molar-refractivity contribution in [2.45, 2.75) is 39.4 Å². The van der Waals surface area contributed by atoms with Gasteiger partial charge < -0.3 is 10.2 Å². The maximum atomic E-state index is 12.3. The van der Waals surface area contributed by atoms with Crippen LogP contribution in [0.5, 0.6) is 0 Å². The number of nitrogens with one attached hydrogen (secondary N) is 1. The molecule has 6 heteroatoms. The minimum atomic E-state index is 0.00163. The molecule has 2 rings (SSSR count). The van der Waals surface area contributed by atoms with Gasteiger partial charge in [0.05, 0.1) is 12.3 Å². The maximum absolute atomic E-state index is 12.3. The molecule has 1 aromatic rings. The average molecular weight is 378 g/mol. The van der Waals surface area contributed by atoms with Crippen LogP contribution in [-0.2, 0) is 9.59 Å². The maximum Gasteiger partial charge on any atom is 0.238 e. The van der Waals surface area contributed by atoms with Crippen molar-refractivity contribution in [3.63, 3.8) is 0 Å². The van der Waals surface area contributed by atoms with Crippen LogP contribution in [0.4, 0.5) is 5.69 Å². The molecule has 144 valence electrons. The molecule has 0 spiro atoms. The van der Waals surface area contributed by atoms with Gasteiger partial charge in [0.2, 0.25) is 11.8 Å². The zero-order chi connectivity index (χ0) is 19.3. The van der Waals surface area contributed by atoms with Crippen molar-refractivity contribution in [3.8, 4) is 0 Å². The second-order valence-electron chi connectivity index (χ2n) is 7.85. The molecule has 0 bridgehead atoms. The molecular formula is C20H31N3O2S. The number of piperazine rings is 1. The van der Waals surface area contributed by atoms with Crippen molar-refractivity contribution in [1.82, 2.24) is 9.80 Å². The predicted molar refractivity (Wildman–Crippen MR) is 110 cm³/mol. The Balaban J connectivity index is 1.77. The Morgan fingerprint density at radius 2 is 1.77 bits per heavy atom. The third-order valence-electron chi connectivity index (χ3n) is 4.60. The first-order valence-electron chi connectivity index (χ1n) is 9.16. The summed E-state index contributed by atoms with van der Waals surface area (Å²) >= 11 is 1.68. The average Bonchev–Trinajstić information content (AvgIpc) is 2.57. The fourth-order valence-corrected chi connectivity index (χ4v) is 3.54. The van der Waals surface area contributed by atoms with Crippen LogP contribution in [0.15, 0.2) is 18.2 Å². The second-order valence-corrected chi connectivity index (χ2v) is 9.66. The Morgan fingerprint density at radius 1 is 1.12 bits per heavy atom. The van der Waals surface area contributed by atoms with E-state index in [2.05, 4.69) is 31.0 Å². The lowest BCUT2D eigenvalue weighted by atomic mass is 10.1. The van der Waals surface area contributed by atoms with Crippen molar-refractivity contribution in [2.75, 3.05) is 43.8 Å². The number of carbonyl (C=O) groups is 2. The summed E-state index contributed by atoms with van der Waals surface area (Å²) in [6, 6.07) is 5.93. The van der Waals surface area contributed by atoms with E-state index in [4.69, 9.17) is 0 Å². The molecular weight excluding hydrogens is 346 g/mol. The van der Waals surface area contributed by atoms with Crippen molar-refractivity contribution < 1.29 is 9.59 Å². The van der Waals surface area contributed by atoms with E-state index in [1.807, 2.05) is 36.9 Å². The van der Waals surface area contributed by atoms with E-state index < -0.39 is 0 Å². The SMILES string of the molecule is Cc1cccc(NC(=O)CN2CCN(C(=O)CSC(C)(C)C)CC2)c1C. The quantitative estimate of drug-likeness (QED) is 0.857. The van der Waals surface area contributed by atoms with Crippen LogP contribution in [0.3, 0.4) is 0 Å². The van der Waals surface area contributed by atoms with E-state index in [-0.39, 0.29) is 16.6 Å². The first-order valence-corrected chi connectivity index (χ1v) is 10.1. The molecule has 26 heavy (non-hydrogen) atoms. The number of aryl methyl sites for hydroxylation is 1. The highest BCUT2D eigenvalue weighted by Gasteiger charge is 2.23. The van der Waals surface area contributed by atoms with E-state index >= 15 is 0 Å². The molecule has 0 aliphatic carbocycles. The van der Waals surface area contributed by atoms with Crippen LogP contribution in [-0.4, -0.2) is 64.8 Å². The topological polar surface area (TPSA) is 52.7 Å². The van der Waals surface area contributed by atoms with Crippen LogP contribution < -0.4 is 5.32 Å². The van der Waals surface area contributed by atoms with Gasteiger partial charge in [0, 0.05) is 36.6 Å². The smallest absolute Gasteiger partial charge is 0.238 e. The van der Waals surface area contributed by atoms with Crippen molar-refractivity contribution in [3.05, 3.63) is 29.3 Å². The number of nitrogens with zero attached hydrogens (tertiary/aromatic N) is 2. The van der Waals surface area contributed by atoms with Crippen LogP contribution >= 0.6 is 11.8 Å². The summed E-state index contributed by atoms with van der Waals surface area (Å²) in [5.74, 6) is 0.725. The summed E-state index contributed by atoms with van der Waals surface area (Å²) in [6.07, 6.45) is 0. The molecule has 1 heterocycles. The first kappa shape index (κ1) is 20.8. The van der Waals surface area contributed by atoms with Gasteiger partial charge >= 0.3 is 0 Å². The van der Waals surface area contributed by atoms with Gasteiger partial charge in [0.1, 0.15) is 0 Å². The molecule has 0 unspecified atom stereocenters. The number of carbonyl (C=O) groups excluding carboxylic acids is 2. The molecule has 2 amide bonds. The number of hydrogen-bond acceptors (Lipinski definition) is 4. The normalized spacial score (nSPS) is 15.8. The van der Waals surface area contributed by atoms with Gasteiger partial charge in [-0.1, -0.05) is 32.9 Å². The summed E-state index contributed by atoms with van der Waals surface area (Å²) in [7, 11) is 0. The van der Waals surface area contributed by atoms with Crippen LogP contribution in [0, 0.1) is 13.8 Å². The van der Waals surface area contributed by atoms with E-state index in [0.29, 0.717) is 25.4 Å². The highest BCUT2D eigenvalue weighted by molar-refractivity contribution is 8.01. The largest absolute Gasteiger partial charge is 0.339 e. The monoisotopic (exact) mass is 377 g/mol. The van der Waals surface area contributed by atoms with Crippen LogP contribution in [0.2, 0.25) is 0 Å². The molecule has 0 saturated carbocycles. The van der Waals surface area contributed by atoms with Crippen molar-refractivity contribution in [2.24, 2.45) is 0 Å². The number of hydrogen-bond donors (Lipinski definition) is 1. The number of rotatable bonds is 5. The van der Waals surface area contributed by atoms with Crippen molar-refractivity contribution in [1.29, 1.82) is 0 Å². The molecule has 0 aromatic heterocycles. The molecule has 1 N–H and O–H groups in total.